The minimum atomic E-state index is -1.22. The molecule has 26 heavy (non-hydrogen) atoms. The van der Waals surface area contributed by atoms with Crippen LogP contribution in [-0.2, 0) is 4.84 Å². The van der Waals surface area contributed by atoms with Gasteiger partial charge in [0.2, 0.25) is 0 Å². The molecule has 6 nitrogen and oxygen atoms in total. The second-order valence-corrected chi connectivity index (χ2v) is 6.69. The Morgan fingerprint density at radius 2 is 2.08 bits per heavy atom. The number of hydroxylamine groups is 1. The predicted molar refractivity (Wildman–Crippen MR) is 103 cm³/mol. The molecule has 0 heterocycles. The van der Waals surface area contributed by atoms with E-state index in [1.807, 2.05) is 0 Å². The molecule has 0 radical (unpaired) electrons. The molecule has 2 aromatic rings. The Hall–Kier alpha value is -1.98. The van der Waals surface area contributed by atoms with Crippen molar-refractivity contribution in [3.8, 4) is 0 Å². The van der Waals surface area contributed by atoms with Crippen LogP contribution in [0.1, 0.15) is 23.7 Å². The third-order valence-corrected chi connectivity index (χ3v) is 4.20. The Morgan fingerprint density at radius 3 is 2.73 bits per heavy atom. The lowest BCUT2D eigenvalue weighted by atomic mass is 10.1. The number of nitrogens with one attached hydrogen (secondary N) is 2. The van der Waals surface area contributed by atoms with Crippen molar-refractivity contribution in [1.82, 2.24) is 5.48 Å². The van der Waals surface area contributed by atoms with Crippen molar-refractivity contribution in [2.24, 2.45) is 0 Å². The number of hydrogen-bond acceptors (Lipinski definition) is 5. The molecule has 1 atom stereocenters. The lowest BCUT2D eigenvalue weighted by Crippen LogP contribution is -2.29. The third kappa shape index (κ3) is 5.02. The highest BCUT2D eigenvalue weighted by Gasteiger charge is 2.20. The van der Waals surface area contributed by atoms with Gasteiger partial charge in [-0.1, -0.05) is 6.92 Å². The second-order valence-electron chi connectivity index (χ2n) is 5.44. The summed E-state index contributed by atoms with van der Waals surface area (Å²) in [5.41, 5.74) is 8.08. The summed E-state index contributed by atoms with van der Waals surface area (Å²) in [6, 6.07) is 6.93. The van der Waals surface area contributed by atoms with Crippen molar-refractivity contribution in [1.29, 1.82) is 0 Å². The average molecular weight is 477 g/mol. The van der Waals surface area contributed by atoms with E-state index >= 15 is 0 Å². The van der Waals surface area contributed by atoms with E-state index in [-0.39, 0.29) is 17.9 Å². The predicted octanol–water partition coefficient (Wildman–Crippen LogP) is 3.33. The molecule has 9 heteroatoms. The van der Waals surface area contributed by atoms with Gasteiger partial charge in [0, 0.05) is 3.57 Å². The highest BCUT2D eigenvalue weighted by atomic mass is 127. The normalized spacial score (nSPS) is 11.9. The number of carbonyl (C=O) groups excluding carboxylic acids is 1. The number of carbonyl (C=O) groups is 1. The number of anilines is 3. The molecule has 1 amide bonds. The standard InChI is InChI=1S/C17H18F2IN3O3/c1-2-10(24)8-26-23-17(25)11-4-5-12(18)15(19)16(11)22-14-6-3-9(20)7-13(14)21/h3-7,10,22,24H,2,8,21H2,1H3,(H,23,25). The summed E-state index contributed by atoms with van der Waals surface area (Å²) < 4.78 is 28.8. The molecule has 5 N–H and O–H groups in total. The third-order valence-electron chi connectivity index (χ3n) is 3.52. The highest BCUT2D eigenvalue weighted by Crippen LogP contribution is 2.30. The van der Waals surface area contributed by atoms with Gasteiger partial charge < -0.3 is 16.2 Å². The Kier molecular flexibility index (Phi) is 7.12. The lowest BCUT2D eigenvalue weighted by molar-refractivity contribution is -0.0133. The summed E-state index contributed by atoms with van der Waals surface area (Å²) in [5.74, 6) is -3.13. The molecule has 0 aliphatic rings. The fourth-order valence-electron chi connectivity index (χ4n) is 2.02. The molecular formula is C17H18F2IN3O3. The molecule has 1 unspecified atom stereocenters. The first kappa shape index (κ1) is 20.3. The van der Waals surface area contributed by atoms with Gasteiger partial charge in [0.15, 0.2) is 11.6 Å². The van der Waals surface area contributed by atoms with Crippen molar-refractivity contribution in [2.45, 2.75) is 19.4 Å². The van der Waals surface area contributed by atoms with E-state index in [0.29, 0.717) is 17.8 Å². The van der Waals surface area contributed by atoms with Gasteiger partial charge in [0.05, 0.1) is 28.7 Å². The summed E-state index contributed by atoms with van der Waals surface area (Å²) in [7, 11) is 0. The zero-order chi connectivity index (χ0) is 19.3. The summed E-state index contributed by atoms with van der Waals surface area (Å²) >= 11 is 2.06. The summed E-state index contributed by atoms with van der Waals surface area (Å²) in [4.78, 5) is 17.1. The first-order valence-corrected chi connectivity index (χ1v) is 8.81. The van der Waals surface area contributed by atoms with Gasteiger partial charge in [-0.3, -0.25) is 9.63 Å². The fourth-order valence-corrected chi connectivity index (χ4v) is 2.54. The molecule has 0 saturated heterocycles. The maximum absolute atomic E-state index is 14.3. The molecule has 0 spiro atoms. The molecule has 140 valence electrons. The number of hydrogen-bond donors (Lipinski definition) is 4. The van der Waals surface area contributed by atoms with Crippen LogP contribution in [0.2, 0.25) is 0 Å². The van der Waals surface area contributed by atoms with Crippen molar-refractivity contribution in [3.05, 3.63) is 51.1 Å². The van der Waals surface area contributed by atoms with Crippen LogP contribution in [0.5, 0.6) is 0 Å². The number of benzene rings is 2. The molecule has 0 saturated carbocycles. The maximum Gasteiger partial charge on any atom is 0.277 e. The summed E-state index contributed by atoms with van der Waals surface area (Å²) in [6.07, 6.45) is -0.302. The van der Waals surface area contributed by atoms with Crippen molar-refractivity contribution in [3.63, 3.8) is 0 Å². The number of nitrogen functional groups attached to an aromatic ring is 1. The van der Waals surface area contributed by atoms with Crippen LogP contribution in [0.3, 0.4) is 0 Å². The van der Waals surface area contributed by atoms with E-state index < -0.39 is 23.6 Å². The van der Waals surface area contributed by atoms with E-state index in [1.165, 1.54) is 0 Å². The molecule has 0 bridgehead atoms. The molecule has 0 aliphatic heterocycles. The number of aliphatic hydroxyl groups is 1. The van der Waals surface area contributed by atoms with E-state index in [2.05, 4.69) is 33.4 Å². The van der Waals surface area contributed by atoms with E-state index in [4.69, 9.17) is 10.6 Å². The van der Waals surface area contributed by atoms with Gasteiger partial charge in [-0.2, -0.15) is 0 Å². The molecule has 2 aromatic carbocycles. The van der Waals surface area contributed by atoms with Crippen LogP contribution in [0.15, 0.2) is 30.3 Å². The van der Waals surface area contributed by atoms with Crippen molar-refractivity contribution < 1.29 is 23.5 Å². The zero-order valence-electron chi connectivity index (χ0n) is 13.9. The SMILES string of the molecule is CCC(O)CONC(=O)c1ccc(F)c(F)c1Nc1ccc(I)cc1N. The minimum absolute atomic E-state index is 0.126. The first-order chi connectivity index (χ1) is 12.3. The van der Waals surface area contributed by atoms with Crippen LogP contribution >= 0.6 is 22.6 Å². The Labute approximate surface area is 162 Å². The van der Waals surface area contributed by atoms with Crippen LogP contribution in [0, 0.1) is 15.2 Å². The monoisotopic (exact) mass is 477 g/mol. The van der Waals surface area contributed by atoms with Gasteiger partial charge in [-0.05, 0) is 59.3 Å². The molecule has 0 aliphatic carbocycles. The van der Waals surface area contributed by atoms with E-state index in [1.54, 1.807) is 25.1 Å². The van der Waals surface area contributed by atoms with Crippen LogP contribution in [0.4, 0.5) is 25.8 Å². The lowest BCUT2D eigenvalue weighted by Gasteiger charge is -2.15. The topological polar surface area (TPSA) is 96.6 Å². The fraction of sp³-hybridized carbons (Fsp3) is 0.235. The Morgan fingerprint density at radius 1 is 1.35 bits per heavy atom. The molecule has 2 rings (SSSR count). The van der Waals surface area contributed by atoms with E-state index in [0.717, 1.165) is 15.7 Å². The van der Waals surface area contributed by atoms with Gasteiger partial charge in [0.1, 0.15) is 6.61 Å². The largest absolute Gasteiger partial charge is 0.397 e. The van der Waals surface area contributed by atoms with Crippen LogP contribution in [-0.4, -0.2) is 23.7 Å². The Balaban J connectivity index is 2.27. The molecule has 0 fully saturated rings. The second kappa shape index (κ2) is 9.10. The first-order valence-electron chi connectivity index (χ1n) is 7.73. The van der Waals surface area contributed by atoms with Crippen molar-refractivity contribution in [2.75, 3.05) is 17.7 Å². The van der Waals surface area contributed by atoms with Crippen LogP contribution < -0.4 is 16.5 Å². The zero-order valence-corrected chi connectivity index (χ0v) is 16.0. The number of amides is 1. The van der Waals surface area contributed by atoms with Gasteiger partial charge in [-0.15, -0.1) is 0 Å². The van der Waals surface area contributed by atoms with Gasteiger partial charge >= 0.3 is 0 Å². The van der Waals surface area contributed by atoms with Gasteiger partial charge in [0.25, 0.3) is 5.91 Å². The maximum atomic E-state index is 14.3. The highest BCUT2D eigenvalue weighted by molar-refractivity contribution is 14.1. The van der Waals surface area contributed by atoms with E-state index in [9.17, 15) is 18.7 Å². The van der Waals surface area contributed by atoms with Crippen molar-refractivity contribution >= 4 is 45.6 Å². The molecular weight excluding hydrogens is 459 g/mol. The summed E-state index contributed by atoms with van der Waals surface area (Å²) in [5, 5.41) is 12.1. The number of nitrogens with two attached hydrogens (primary N) is 1. The summed E-state index contributed by atoms with van der Waals surface area (Å²) in [6.45, 7) is 1.62. The quantitative estimate of drug-likeness (QED) is 0.279. The van der Waals surface area contributed by atoms with Crippen LogP contribution in [0.25, 0.3) is 0 Å². The smallest absolute Gasteiger partial charge is 0.277 e. The Bertz CT molecular complexity index is 805. The molecule has 0 aromatic heterocycles. The van der Waals surface area contributed by atoms with Gasteiger partial charge in [-0.25, -0.2) is 14.3 Å². The average Bonchev–Trinajstić information content (AvgIpc) is 2.60. The number of halogens is 3. The minimum Gasteiger partial charge on any atom is -0.397 e. The number of rotatable bonds is 7. The number of aliphatic hydroxyl groups excluding tert-OH is 1.